The molecule has 0 aromatic carbocycles. The molecule has 0 aromatic rings. The molecule has 104 valence electrons. The summed E-state index contributed by atoms with van der Waals surface area (Å²) in [5.41, 5.74) is 8.05. The highest BCUT2D eigenvalue weighted by Crippen LogP contribution is 2.21. The van der Waals surface area contributed by atoms with Crippen LogP contribution < -0.4 is 0 Å². The lowest BCUT2D eigenvalue weighted by Crippen LogP contribution is -2.59. The van der Waals surface area contributed by atoms with E-state index in [0.29, 0.717) is 6.42 Å². The van der Waals surface area contributed by atoms with Crippen LogP contribution in [0.15, 0.2) is 5.11 Å². The van der Waals surface area contributed by atoms with E-state index in [4.69, 9.17) is 20.1 Å². The van der Waals surface area contributed by atoms with Crippen LogP contribution in [0.4, 0.5) is 0 Å². The largest absolute Gasteiger partial charge is 0.394 e. The van der Waals surface area contributed by atoms with E-state index in [-0.39, 0.29) is 13.2 Å². The molecule has 5 atom stereocenters. The van der Waals surface area contributed by atoms with E-state index in [9.17, 15) is 15.3 Å². The smallest absolute Gasteiger partial charge is 0.186 e. The molecule has 1 aliphatic heterocycles. The third-order valence-corrected chi connectivity index (χ3v) is 2.60. The Labute approximate surface area is 103 Å². The molecule has 1 rings (SSSR count). The Bertz CT molecular complexity index is 296. The molecular weight excluding hydrogens is 246 g/mol. The van der Waals surface area contributed by atoms with Crippen molar-refractivity contribution in [3.8, 4) is 0 Å². The Morgan fingerprint density at radius 3 is 2.56 bits per heavy atom. The van der Waals surface area contributed by atoms with Gasteiger partial charge in [-0.3, -0.25) is 0 Å². The fraction of sp³-hybridized carbons (Fsp3) is 1.00. The molecule has 9 heteroatoms. The number of aliphatic hydroxyl groups excluding tert-OH is 4. The number of rotatable bonds is 6. The van der Waals surface area contributed by atoms with Crippen LogP contribution >= 0.6 is 0 Å². The monoisotopic (exact) mass is 263 g/mol. The molecule has 4 N–H and O–H groups in total. The fourth-order valence-corrected chi connectivity index (χ4v) is 1.58. The van der Waals surface area contributed by atoms with E-state index in [1.165, 1.54) is 0 Å². The second-order valence-electron chi connectivity index (χ2n) is 3.88. The predicted octanol–water partition coefficient (Wildman–Crippen LogP) is -1.50. The van der Waals surface area contributed by atoms with Gasteiger partial charge in [0.15, 0.2) is 6.29 Å². The predicted molar refractivity (Wildman–Crippen MR) is 58.3 cm³/mol. The third kappa shape index (κ3) is 3.79. The lowest BCUT2D eigenvalue weighted by atomic mass is 9.99. The van der Waals surface area contributed by atoms with Crippen LogP contribution in [0.25, 0.3) is 10.4 Å². The molecule has 18 heavy (non-hydrogen) atoms. The van der Waals surface area contributed by atoms with Gasteiger partial charge in [0.2, 0.25) is 0 Å². The molecule has 0 aromatic heterocycles. The van der Waals surface area contributed by atoms with Gasteiger partial charge in [-0.05, 0) is 12.0 Å². The molecule has 1 aliphatic rings. The van der Waals surface area contributed by atoms with Crippen LogP contribution in [-0.2, 0) is 9.47 Å². The number of ether oxygens (including phenoxy) is 2. The third-order valence-electron chi connectivity index (χ3n) is 2.60. The zero-order valence-corrected chi connectivity index (χ0v) is 9.66. The second-order valence-corrected chi connectivity index (χ2v) is 3.88. The molecule has 1 saturated heterocycles. The Morgan fingerprint density at radius 2 is 1.94 bits per heavy atom. The summed E-state index contributed by atoms with van der Waals surface area (Å²) >= 11 is 0. The van der Waals surface area contributed by atoms with Crippen LogP contribution in [-0.4, -0.2) is 70.9 Å². The number of aliphatic hydroxyl groups is 4. The van der Waals surface area contributed by atoms with Crippen molar-refractivity contribution in [2.24, 2.45) is 5.11 Å². The SMILES string of the molecule is [N-]=[N+]=NCCCO[C@@H]1OC(CO)[C@@H](O)C(O)C1O. The highest BCUT2D eigenvalue weighted by Gasteiger charge is 2.43. The van der Waals surface area contributed by atoms with E-state index in [2.05, 4.69) is 10.0 Å². The summed E-state index contributed by atoms with van der Waals surface area (Å²) in [6.07, 6.45) is -5.93. The Kier molecular flexibility index (Phi) is 6.30. The van der Waals surface area contributed by atoms with Gasteiger partial charge in [-0.15, -0.1) is 0 Å². The standard InChI is InChI=1S/C9H17N3O6/c10-12-11-2-1-3-17-9-8(16)7(15)6(14)5(4-13)18-9/h5-9,13-16H,1-4H2/t5?,6-,7?,8?,9-/m1/s1. The molecule has 0 radical (unpaired) electrons. The molecule has 9 nitrogen and oxygen atoms in total. The number of hydrogen-bond donors (Lipinski definition) is 4. The lowest BCUT2D eigenvalue weighted by molar-refractivity contribution is -0.301. The summed E-state index contributed by atoms with van der Waals surface area (Å²) < 4.78 is 10.3. The Balaban J connectivity index is 2.41. The maximum absolute atomic E-state index is 9.60. The van der Waals surface area contributed by atoms with E-state index >= 15 is 0 Å². The summed E-state index contributed by atoms with van der Waals surface area (Å²) in [4.78, 5) is 2.56. The number of nitrogens with zero attached hydrogens (tertiary/aromatic N) is 3. The van der Waals surface area contributed by atoms with Gasteiger partial charge in [0.25, 0.3) is 0 Å². The van der Waals surface area contributed by atoms with Crippen LogP contribution in [0.1, 0.15) is 6.42 Å². The van der Waals surface area contributed by atoms with Crippen molar-refractivity contribution >= 4 is 0 Å². The summed E-state index contributed by atoms with van der Waals surface area (Å²) in [5, 5.41) is 40.8. The first-order valence-corrected chi connectivity index (χ1v) is 5.54. The van der Waals surface area contributed by atoms with Gasteiger partial charge in [0, 0.05) is 18.1 Å². The van der Waals surface area contributed by atoms with Gasteiger partial charge in [-0.1, -0.05) is 5.11 Å². The lowest BCUT2D eigenvalue weighted by Gasteiger charge is -2.39. The van der Waals surface area contributed by atoms with Crippen molar-refractivity contribution in [1.82, 2.24) is 0 Å². The first-order valence-electron chi connectivity index (χ1n) is 5.54. The van der Waals surface area contributed by atoms with Gasteiger partial charge in [0.1, 0.15) is 24.4 Å². The van der Waals surface area contributed by atoms with E-state index in [1.807, 2.05) is 0 Å². The van der Waals surface area contributed by atoms with Crippen molar-refractivity contribution in [3.05, 3.63) is 10.4 Å². The van der Waals surface area contributed by atoms with Crippen molar-refractivity contribution in [3.63, 3.8) is 0 Å². The summed E-state index contributed by atoms with van der Waals surface area (Å²) in [6.45, 7) is -0.0981. The zero-order valence-electron chi connectivity index (χ0n) is 9.66. The van der Waals surface area contributed by atoms with Crippen molar-refractivity contribution < 1.29 is 29.9 Å². The van der Waals surface area contributed by atoms with E-state index < -0.39 is 37.3 Å². The minimum atomic E-state index is -1.45. The van der Waals surface area contributed by atoms with E-state index in [0.717, 1.165) is 0 Å². The number of hydrogen-bond acceptors (Lipinski definition) is 7. The topological polar surface area (TPSA) is 148 Å². The highest BCUT2D eigenvalue weighted by molar-refractivity contribution is 4.88. The fourth-order valence-electron chi connectivity index (χ4n) is 1.58. The average molecular weight is 263 g/mol. The van der Waals surface area contributed by atoms with Gasteiger partial charge in [-0.25, -0.2) is 0 Å². The summed E-state index contributed by atoms with van der Waals surface area (Å²) in [7, 11) is 0. The van der Waals surface area contributed by atoms with Gasteiger partial charge in [-0.2, -0.15) is 0 Å². The normalized spacial score (nSPS) is 36.1. The van der Waals surface area contributed by atoms with Crippen LogP contribution in [0.5, 0.6) is 0 Å². The van der Waals surface area contributed by atoms with Crippen molar-refractivity contribution in [2.75, 3.05) is 19.8 Å². The molecule has 0 aliphatic carbocycles. The minimum absolute atomic E-state index is 0.154. The zero-order chi connectivity index (χ0) is 13.5. The quantitative estimate of drug-likeness (QED) is 0.198. The first-order chi connectivity index (χ1) is 8.61. The van der Waals surface area contributed by atoms with Crippen LogP contribution in [0.2, 0.25) is 0 Å². The molecule has 0 spiro atoms. The first kappa shape index (κ1) is 15.1. The van der Waals surface area contributed by atoms with Crippen molar-refractivity contribution in [2.45, 2.75) is 37.1 Å². The van der Waals surface area contributed by atoms with Crippen LogP contribution in [0.3, 0.4) is 0 Å². The molecule has 3 unspecified atom stereocenters. The average Bonchev–Trinajstić information content (AvgIpc) is 2.38. The van der Waals surface area contributed by atoms with Crippen molar-refractivity contribution in [1.29, 1.82) is 0 Å². The minimum Gasteiger partial charge on any atom is -0.394 e. The maximum atomic E-state index is 9.60. The highest BCUT2D eigenvalue weighted by atomic mass is 16.7. The van der Waals surface area contributed by atoms with Crippen LogP contribution in [0, 0.1) is 0 Å². The molecule has 1 fully saturated rings. The summed E-state index contributed by atoms with van der Waals surface area (Å²) in [6, 6.07) is 0. The molecular formula is C9H17N3O6. The Hall–Kier alpha value is -0.930. The molecule has 1 heterocycles. The Morgan fingerprint density at radius 1 is 1.22 bits per heavy atom. The van der Waals surface area contributed by atoms with Gasteiger partial charge in [0.05, 0.1) is 6.61 Å². The molecule has 0 amide bonds. The summed E-state index contributed by atoms with van der Waals surface area (Å²) in [5.74, 6) is 0. The van der Waals surface area contributed by atoms with E-state index in [1.54, 1.807) is 0 Å². The van der Waals surface area contributed by atoms with Gasteiger partial charge < -0.3 is 29.9 Å². The molecule has 0 saturated carbocycles. The number of azide groups is 1. The second kappa shape index (κ2) is 7.49. The van der Waals surface area contributed by atoms with Gasteiger partial charge >= 0.3 is 0 Å². The molecule has 0 bridgehead atoms. The maximum Gasteiger partial charge on any atom is 0.186 e.